The molecule has 7 nitrogen and oxygen atoms in total. The first kappa shape index (κ1) is 21.2. The van der Waals surface area contributed by atoms with Crippen molar-refractivity contribution >= 4 is 46.4 Å². The first-order chi connectivity index (χ1) is 14.8. The molecule has 31 heavy (non-hydrogen) atoms. The first-order valence-corrected chi connectivity index (χ1v) is 10.4. The minimum Gasteiger partial charge on any atom is -0.469 e. The SMILES string of the molecule is Cc1occc1C(=O)N/N=C1\CCCc2oc(C(=O)Nc3ccc(Cl)cc3Cl)c(C)c21. The molecule has 0 saturated carbocycles. The van der Waals surface area contributed by atoms with Crippen LogP contribution in [-0.2, 0) is 6.42 Å². The summed E-state index contributed by atoms with van der Waals surface area (Å²) in [6.07, 6.45) is 3.58. The van der Waals surface area contributed by atoms with Gasteiger partial charge in [0.15, 0.2) is 5.76 Å². The third-order valence-corrected chi connectivity index (χ3v) is 5.65. The van der Waals surface area contributed by atoms with Gasteiger partial charge in [-0.3, -0.25) is 9.59 Å². The Morgan fingerprint density at radius 1 is 1.10 bits per heavy atom. The van der Waals surface area contributed by atoms with Gasteiger partial charge in [0, 0.05) is 22.6 Å². The van der Waals surface area contributed by atoms with Crippen molar-refractivity contribution in [3.8, 4) is 0 Å². The zero-order valence-electron chi connectivity index (χ0n) is 16.8. The molecule has 1 aliphatic rings. The average molecular weight is 460 g/mol. The quantitative estimate of drug-likeness (QED) is 0.501. The van der Waals surface area contributed by atoms with E-state index in [4.69, 9.17) is 32.0 Å². The highest BCUT2D eigenvalue weighted by Gasteiger charge is 2.28. The van der Waals surface area contributed by atoms with Crippen LogP contribution in [0.25, 0.3) is 0 Å². The van der Waals surface area contributed by atoms with E-state index in [1.165, 1.54) is 6.26 Å². The van der Waals surface area contributed by atoms with Crippen LogP contribution in [0.15, 0.2) is 44.5 Å². The number of hydrogen-bond donors (Lipinski definition) is 2. The van der Waals surface area contributed by atoms with Crippen LogP contribution in [-0.4, -0.2) is 17.5 Å². The largest absolute Gasteiger partial charge is 0.469 e. The minimum atomic E-state index is -0.423. The summed E-state index contributed by atoms with van der Waals surface area (Å²) in [7, 11) is 0. The fraction of sp³-hybridized carbons (Fsp3) is 0.227. The van der Waals surface area contributed by atoms with Crippen LogP contribution in [0.4, 0.5) is 5.69 Å². The number of amides is 2. The third kappa shape index (κ3) is 4.24. The molecule has 0 fully saturated rings. The number of benzene rings is 1. The summed E-state index contributed by atoms with van der Waals surface area (Å²) in [5.74, 6) is 0.587. The van der Waals surface area contributed by atoms with Crippen LogP contribution < -0.4 is 10.7 Å². The molecule has 1 aliphatic carbocycles. The lowest BCUT2D eigenvalue weighted by molar-refractivity contribution is 0.0952. The molecule has 2 N–H and O–H groups in total. The van der Waals surface area contributed by atoms with Gasteiger partial charge in [-0.25, -0.2) is 5.43 Å². The molecule has 0 spiro atoms. The van der Waals surface area contributed by atoms with Crippen molar-refractivity contribution in [2.75, 3.05) is 5.32 Å². The van der Waals surface area contributed by atoms with Gasteiger partial charge in [-0.1, -0.05) is 23.2 Å². The van der Waals surface area contributed by atoms with Gasteiger partial charge in [0.25, 0.3) is 11.8 Å². The lowest BCUT2D eigenvalue weighted by Gasteiger charge is -2.13. The number of rotatable bonds is 4. The Balaban J connectivity index is 1.58. The maximum Gasteiger partial charge on any atom is 0.291 e. The Morgan fingerprint density at radius 2 is 1.90 bits per heavy atom. The number of carbonyl (C=O) groups is 2. The zero-order chi connectivity index (χ0) is 22.1. The van der Waals surface area contributed by atoms with E-state index >= 15 is 0 Å². The minimum absolute atomic E-state index is 0.183. The second-order valence-electron chi connectivity index (χ2n) is 7.18. The van der Waals surface area contributed by atoms with Gasteiger partial charge in [0.05, 0.1) is 28.2 Å². The van der Waals surface area contributed by atoms with Gasteiger partial charge in [0.2, 0.25) is 0 Å². The summed E-state index contributed by atoms with van der Waals surface area (Å²) in [6.45, 7) is 3.50. The van der Waals surface area contributed by atoms with Crippen LogP contribution >= 0.6 is 23.2 Å². The molecule has 160 valence electrons. The van der Waals surface area contributed by atoms with Gasteiger partial charge in [-0.05, 0) is 51.0 Å². The summed E-state index contributed by atoms with van der Waals surface area (Å²) < 4.78 is 11.0. The topological polar surface area (TPSA) is 96.8 Å². The van der Waals surface area contributed by atoms with Crippen LogP contribution in [0.3, 0.4) is 0 Å². The highest BCUT2D eigenvalue weighted by Crippen LogP contribution is 2.31. The van der Waals surface area contributed by atoms with Gasteiger partial charge in [-0.2, -0.15) is 5.10 Å². The second kappa shape index (κ2) is 8.61. The summed E-state index contributed by atoms with van der Waals surface area (Å²) in [6, 6.07) is 6.40. The standard InChI is InChI=1S/C22H19Cl2N3O4/c1-11-19-17(26-27-21(28)14-8-9-30-12(14)2)4-3-5-18(19)31-20(11)22(29)25-16-7-6-13(23)10-15(16)24/h6-10H,3-5H2,1-2H3,(H,25,29)(H,27,28)/b26-17+. The van der Waals surface area contributed by atoms with Crippen molar-refractivity contribution in [1.29, 1.82) is 0 Å². The predicted molar refractivity (Wildman–Crippen MR) is 118 cm³/mol. The normalized spacial score (nSPS) is 14.4. The van der Waals surface area contributed by atoms with Gasteiger partial charge >= 0.3 is 0 Å². The van der Waals surface area contributed by atoms with Crippen LogP contribution in [0, 0.1) is 13.8 Å². The maximum atomic E-state index is 12.8. The molecule has 3 aromatic rings. The van der Waals surface area contributed by atoms with Crippen molar-refractivity contribution in [2.24, 2.45) is 5.10 Å². The van der Waals surface area contributed by atoms with E-state index in [0.717, 1.165) is 12.0 Å². The second-order valence-corrected chi connectivity index (χ2v) is 8.02. The molecule has 0 saturated heterocycles. The number of fused-ring (bicyclic) bond motifs is 1. The fourth-order valence-electron chi connectivity index (χ4n) is 3.57. The maximum absolute atomic E-state index is 12.8. The Hall–Kier alpha value is -3.03. The first-order valence-electron chi connectivity index (χ1n) is 9.65. The Kier molecular flexibility index (Phi) is 5.89. The summed E-state index contributed by atoms with van der Waals surface area (Å²) >= 11 is 12.1. The zero-order valence-corrected chi connectivity index (χ0v) is 18.4. The molecule has 4 rings (SSSR count). The molecule has 9 heteroatoms. The molecule has 0 bridgehead atoms. The van der Waals surface area contributed by atoms with E-state index in [0.29, 0.717) is 56.9 Å². The molecule has 0 radical (unpaired) electrons. The van der Waals surface area contributed by atoms with Crippen molar-refractivity contribution in [3.05, 3.63) is 74.5 Å². The van der Waals surface area contributed by atoms with E-state index in [1.807, 2.05) is 0 Å². The lowest BCUT2D eigenvalue weighted by Crippen LogP contribution is -2.22. The smallest absolute Gasteiger partial charge is 0.291 e. The summed E-state index contributed by atoms with van der Waals surface area (Å²) in [5, 5.41) is 7.86. The number of carbonyl (C=O) groups excluding carboxylic acids is 2. The number of nitrogens with one attached hydrogen (secondary N) is 2. The highest BCUT2D eigenvalue weighted by atomic mass is 35.5. The highest BCUT2D eigenvalue weighted by molar-refractivity contribution is 6.36. The van der Waals surface area contributed by atoms with Crippen molar-refractivity contribution in [1.82, 2.24) is 5.43 Å². The van der Waals surface area contributed by atoms with E-state index in [1.54, 1.807) is 38.1 Å². The van der Waals surface area contributed by atoms with Crippen molar-refractivity contribution < 1.29 is 18.4 Å². The predicted octanol–water partition coefficient (Wildman–Crippen LogP) is 5.52. The molecule has 0 aliphatic heterocycles. The van der Waals surface area contributed by atoms with E-state index < -0.39 is 5.91 Å². The molecule has 0 atom stereocenters. The van der Waals surface area contributed by atoms with Gasteiger partial charge < -0.3 is 14.2 Å². The number of hydrazone groups is 1. The number of aryl methyl sites for hydroxylation is 2. The Bertz CT molecular complexity index is 1210. The third-order valence-electron chi connectivity index (χ3n) is 5.11. The molecular weight excluding hydrogens is 441 g/mol. The molecule has 2 aromatic heterocycles. The summed E-state index contributed by atoms with van der Waals surface area (Å²) in [4.78, 5) is 25.2. The van der Waals surface area contributed by atoms with Crippen LogP contribution in [0.5, 0.6) is 0 Å². The van der Waals surface area contributed by atoms with Crippen molar-refractivity contribution in [3.63, 3.8) is 0 Å². The number of hydrogen-bond acceptors (Lipinski definition) is 5. The average Bonchev–Trinajstić information content (AvgIpc) is 3.32. The Labute approximate surface area is 188 Å². The molecule has 2 heterocycles. The number of nitrogens with zero attached hydrogens (tertiary/aromatic N) is 1. The van der Waals surface area contributed by atoms with Crippen LogP contribution in [0.1, 0.15) is 56.4 Å². The molecule has 1 aromatic carbocycles. The van der Waals surface area contributed by atoms with Gasteiger partial charge in [0.1, 0.15) is 11.5 Å². The van der Waals surface area contributed by atoms with E-state index in [9.17, 15) is 9.59 Å². The van der Waals surface area contributed by atoms with Gasteiger partial charge in [-0.15, -0.1) is 0 Å². The van der Waals surface area contributed by atoms with Crippen molar-refractivity contribution in [2.45, 2.75) is 33.1 Å². The number of furan rings is 2. The lowest BCUT2D eigenvalue weighted by atomic mass is 9.93. The number of halogens is 2. The molecule has 0 unspecified atom stereocenters. The number of anilines is 1. The van der Waals surface area contributed by atoms with E-state index in [-0.39, 0.29) is 11.7 Å². The van der Waals surface area contributed by atoms with E-state index in [2.05, 4.69) is 15.8 Å². The van der Waals surface area contributed by atoms with Crippen LogP contribution in [0.2, 0.25) is 10.0 Å². The Morgan fingerprint density at radius 3 is 2.61 bits per heavy atom. The monoisotopic (exact) mass is 459 g/mol. The molecule has 2 amide bonds. The fourth-order valence-corrected chi connectivity index (χ4v) is 4.02. The summed E-state index contributed by atoms with van der Waals surface area (Å²) in [5.41, 5.74) is 5.50. The molecular formula is C22H19Cl2N3O4.